The molecule has 4 nitrogen and oxygen atoms in total. The van der Waals surface area contributed by atoms with Gasteiger partial charge in [0.2, 0.25) is 0 Å². The van der Waals surface area contributed by atoms with Gasteiger partial charge in [0.25, 0.3) is 0 Å². The number of hydrogen-bond acceptors (Lipinski definition) is 3. The van der Waals surface area contributed by atoms with Crippen molar-refractivity contribution in [2.75, 3.05) is 6.61 Å². The van der Waals surface area contributed by atoms with Crippen LogP contribution in [0.1, 0.15) is 25.1 Å². The first-order valence-corrected chi connectivity index (χ1v) is 9.98. The summed E-state index contributed by atoms with van der Waals surface area (Å²) in [4.78, 5) is 4.28. The molecule has 0 saturated heterocycles. The van der Waals surface area contributed by atoms with Gasteiger partial charge in [0.05, 0.1) is 12.0 Å². The molecule has 0 bridgehead atoms. The topological polar surface area (TPSA) is 53.1 Å². The molecule has 1 rings (SSSR count). The Morgan fingerprint density at radius 1 is 1.47 bits per heavy atom. The summed E-state index contributed by atoms with van der Waals surface area (Å²) in [7, 11) is -0.984. The largest absolute Gasteiger partial charge is 0.361 e. The van der Waals surface area contributed by atoms with E-state index in [1.165, 1.54) is 6.04 Å². The number of aromatic nitrogens is 2. The molecule has 0 aromatic carbocycles. The summed E-state index contributed by atoms with van der Waals surface area (Å²) < 4.78 is 7.59. The highest BCUT2D eigenvalue weighted by Crippen LogP contribution is 2.11. The van der Waals surface area contributed by atoms with Gasteiger partial charge in [-0.05, 0) is 12.5 Å². The lowest BCUT2D eigenvalue weighted by Gasteiger charge is -2.15. The third-order valence-corrected chi connectivity index (χ3v) is 4.41. The van der Waals surface area contributed by atoms with E-state index < -0.39 is 8.07 Å². The first-order chi connectivity index (χ1) is 7.92. The summed E-state index contributed by atoms with van der Waals surface area (Å²) in [6.07, 6.45) is 4.68. The van der Waals surface area contributed by atoms with Crippen molar-refractivity contribution in [1.82, 2.24) is 9.55 Å². The molecule has 0 saturated carbocycles. The van der Waals surface area contributed by atoms with Crippen molar-refractivity contribution in [3.05, 3.63) is 18.2 Å². The minimum Gasteiger partial charge on any atom is -0.361 e. The average Bonchev–Trinajstić information content (AvgIpc) is 2.70. The van der Waals surface area contributed by atoms with Gasteiger partial charge in [-0.1, -0.05) is 26.6 Å². The molecule has 0 spiro atoms. The Labute approximate surface area is 105 Å². The van der Waals surface area contributed by atoms with Crippen LogP contribution in [-0.2, 0) is 11.5 Å². The van der Waals surface area contributed by atoms with E-state index >= 15 is 0 Å². The van der Waals surface area contributed by atoms with Crippen LogP contribution in [0.3, 0.4) is 0 Å². The molecule has 1 heterocycles. The van der Waals surface area contributed by atoms with Crippen LogP contribution in [0.2, 0.25) is 25.7 Å². The van der Waals surface area contributed by atoms with Gasteiger partial charge in [-0.2, -0.15) is 0 Å². The van der Waals surface area contributed by atoms with Crippen LogP contribution >= 0.6 is 0 Å². The van der Waals surface area contributed by atoms with Gasteiger partial charge in [0.15, 0.2) is 0 Å². The molecule has 0 aliphatic rings. The fourth-order valence-corrected chi connectivity index (χ4v) is 2.15. The zero-order valence-corrected chi connectivity index (χ0v) is 12.4. The van der Waals surface area contributed by atoms with Crippen LogP contribution in [0, 0.1) is 0 Å². The van der Waals surface area contributed by atoms with Gasteiger partial charge in [0, 0.05) is 26.9 Å². The van der Waals surface area contributed by atoms with E-state index in [1.54, 1.807) is 6.33 Å². The van der Waals surface area contributed by atoms with E-state index in [9.17, 15) is 0 Å². The monoisotopic (exact) mass is 255 g/mol. The molecule has 0 fully saturated rings. The van der Waals surface area contributed by atoms with E-state index in [1.807, 2.05) is 10.8 Å². The highest BCUT2D eigenvalue weighted by atomic mass is 28.3. The van der Waals surface area contributed by atoms with Crippen LogP contribution in [0.5, 0.6) is 0 Å². The Balaban J connectivity index is 2.30. The number of nitrogens with zero attached hydrogens (tertiary/aromatic N) is 2. The van der Waals surface area contributed by atoms with E-state index in [2.05, 4.69) is 31.5 Å². The highest BCUT2D eigenvalue weighted by molar-refractivity contribution is 6.76. The number of nitrogens with two attached hydrogens (primary N) is 1. The summed E-state index contributed by atoms with van der Waals surface area (Å²) in [5.74, 6) is 0. The van der Waals surface area contributed by atoms with E-state index in [0.717, 1.165) is 18.7 Å². The zero-order valence-electron chi connectivity index (χ0n) is 11.4. The second-order valence-corrected chi connectivity index (χ2v) is 11.3. The molecule has 1 unspecified atom stereocenters. The third kappa shape index (κ3) is 5.47. The predicted octanol–water partition coefficient (Wildman–Crippen LogP) is 2.61. The van der Waals surface area contributed by atoms with Crippen molar-refractivity contribution in [1.29, 1.82) is 0 Å². The lowest BCUT2D eigenvalue weighted by Crippen LogP contribution is -2.21. The Kier molecular flexibility index (Phi) is 5.36. The maximum absolute atomic E-state index is 5.91. The molecule has 1 aromatic heterocycles. The van der Waals surface area contributed by atoms with Crippen LogP contribution in [0.25, 0.3) is 0 Å². The van der Waals surface area contributed by atoms with Crippen molar-refractivity contribution in [3.8, 4) is 0 Å². The second kappa shape index (κ2) is 6.33. The Morgan fingerprint density at radius 3 is 2.76 bits per heavy atom. The van der Waals surface area contributed by atoms with Gasteiger partial charge < -0.3 is 15.0 Å². The van der Waals surface area contributed by atoms with Gasteiger partial charge in [-0.15, -0.1) is 0 Å². The summed E-state index contributed by atoms with van der Waals surface area (Å²) in [6.45, 7) is 10.5. The smallest absolute Gasteiger partial charge is 0.123 e. The van der Waals surface area contributed by atoms with Gasteiger partial charge in [-0.3, -0.25) is 0 Å². The Bertz CT molecular complexity index is 333. The minimum absolute atomic E-state index is 0.0400. The zero-order chi connectivity index (χ0) is 12.9. The Morgan fingerprint density at radius 2 is 2.18 bits per heavy atom. The highest BCUT2D eigenvalue weighted by Gasteiger charge is 2.12. The Hall–Kier alpha value is -0.653. The molecule has 5 heteroatoms. The molecule has 98 valence electrons. The third-order valence-electron chi connectivity index (χ3n) is 2.71. The number of ether oxygens (including phenoxy) is 1. The van der Waals surface area contributed by atoms with E-state index in [0.29, 0.717) is 6.73 Å². The SMILES string of the molecule is CCC(N)c1cn(COCC[Si](C)(C)C)cn1. The van der Waals surface area contributed by atoms with Gasteiger partial charge >= 0.3 is 0 Å². The van der Waals surface area contributed by atoms with Gasteiger partial charge in [-0.25, -0.2) is 4.98 Å². The first-order valence-electron chi connectivity index (χ1n) is 6.27. The first kappa shape index (κ1) is 14.4. The normalized spacial score (nSPS) is 13.9. The molecule has 1 aromatic rings. The summed E-state index contributed by atoms with van der Waals surface area (Å²) in [5, 5.41) is 0. The molecule has 2 N–H and O–H groups in total. The number of rotatable bonds is 7. The molecule has 0 amide bonds. The van der Waals surface area contributed by atoms with Gasteiger partial charge in [0.1, 0.15) is 6.73 Å². The fraction of sp³-hybridized carbons (Fsp3) is 0.750. The summed E-state index contributed by atoms with van der Waals surface area (Å²) in [6, 6.07) is 1.24. The fourth-order valence-electron chi connectivity index (χ4n) is 1.40. The van der Waals surface area contributed by atoms with Crippen LogP contribution in [-0.4, -0.2) is 24.2 Å². The summed E-state index contributed by atoms with van der Waals surface area (Å²) in [5.41, 5.74) is 6.85. The molecule has 17 heavy (non-hydrogen) atoms. The lowest BCUT2D eigenvalue weighted by atomic mass is 10.2. The van der Waals surface area contributed by atoms with Crippen molar-refractivity contribution < 1.29 is 4.74 Å². The molecular formula is C12H25N3OSi. The van der Waals surface area contributed by atoms with Crippen molar-refractivity contribution in [2.24, 2.45) is 5.73 Å². The lowest BCUT2D eigenvalue weighted by molar-refractivity contribution is 0.0871. The van der Waals surface area contributed by atoms with Crippen LogP contribution in [0.15, 0.2) is 12.5 Å². The van der Waals surface area contributed by atoms with Crippen molar-refractivity contribution in [3.63, 3.8) is 0 Å². The molecule has 0 aliphatic carbocycles. The predicted molar refractivity (Wildman–Crippen MR) is 73.6 cm³/mol. The number of imidazole rings is 1. The molecular weight excluding hydrogens is 230 g/mol. The average molecular weight is 255 g/mol. The van der Waals surface area contributed by atoms with Crippen LogP contribution in [0.4, 0.5) is 0 Å². The summed E-state index contributed by atoms with van der Waals surface area (Å²) >= 11 is 0. The second-order valence-electron chi connectivity index (χ2n) is 5.68. The van der Waals surface area contributed by atoms with E-state index in [-0.39, 0.29) is 6.04 Å². The van der Waals surface area contributed by atoms with Crippen molar-refractivity contribution in [2.45, 2.75) is 51.8 Å². The quantitative estimate of drug-likeness (QED) is 0.602. The maximum atomic E-state index is 5.91. The maximum Gasteiger partial charge on any atom is 0.123 e. The van der Waals surface area contributed by atoms with Crippen molar-refractivity contribution >= 4 is 8.07 Å². The van der Waals surface area contributed by atoms with E-state index in [4.69, 9.17) is 10.5 Å². The standard InChI is InChI=1S/C12H25N3OSi/c1-5-11(13)12-8-15(9-14-12)10-16-6-7-17(2,3)4/h8-9,11H,5-7,10,13H2,1-4H3. The van der Waals surface area contributed by atoms with Crippen LogP contribution < -0.4 is 5.73 Å². The molecule has 1 atom stereocenters. The number of hydrogen-bond donors (Lipinski definition) is 1. The molecule has 0 radical (unpaired) electrons. The molecule has 0 aliphatic heterocycles. The minimum atomic E-state index is -0.984.